The van der Waals surface area contributed by atoms with E-state index in [9.17, 15) is 9.18 Å². The molecule has 0 unspecified atom stereocenters. The van der Waals surface area contributed by atoms with Gasteiger partial charge in [-0.1, -0.05) is 11.6 Å². The Morgan fingerprint density at radius 3 is 2.63 bits per heavy atom. The minimum atomic E-state index is -0.552. The van der Waals surface area contributed by atoms with E-state index in [0.717, 1.165) is 6.07 Å². The van der Waals surface area contributed by atoms with Gasteiger partial charge in [0.25, 0.3) is 0 Å². The van der Waals surface area contributed by atoms with Gasteiger partial charge in [0.1, 0.15) is 5.82 Å². The normalized spacial score (nSPS) is 10.3. The summed E-state index contributed by atoms with van der Waals surface area (Å²) in [4.78, 5) is 13.5. The second kappa shape index (κ2) is 7.19. The van der Waals surface area contributed by atoms with E-state index in [-0.39, 0.29) is 16.6 Å². The number of anilines is 2. The largest absolute Gasteiger partial charge is 0.397 e. The molecule has 1 rings (SSSR count). The van der Waals surface area contributed by atoms with Crippen molar-refractivity contribution < 1.29 is 9.18 Å². The third-order valence-electron chi connectivity index (χ3n) is 2.86. The smallest absolute Gasteiger partial charge is 0.224 e. The van der Waals surface area contributed by atoms with Crippen LogP contribution in [0.4, 0.5) is 15.8 Å². The van der Waals surface area contributed by atoms with E-state index >= 15 is 0 Å². The van der Waals surface area contributed by atoms with Crippen molar-refractivity contribution in [3.63, 3.8) is 0 Å². The van der Waals surface area contributed by atoms with Gasteiger partial charge in [-0.25, -0.2) is 4.39 Å². The molecule has 4 nitrogen and oxygen atoms in total. The van der Waals surface area contributed by atoms with Gasteiger partial charge in [0, 0.05) is 32.1 Å². The van der Waals surface area contributed by atoms with Gasteiger partial charge in [-0.05, 0) is 19.9 Å². The molecule has 0 saturated carbocycles. The molecule has 0 heterocycles. The maximum absolute atomic E-state index is 13.1. The Balaban J connectivity index is 2.54. The number of carbonyl (C=O) groups is 1. The molecule has 0 bridgehead atoms. The summed E-state index contributed by atoms with van der Waals surface area (Å²) >= 11 is 5.68. The lowest BCUT2D eigenvalue weighted by Gasteiger charge is -2.19. The third kappa shape index (κ3) is 4.28. The summed E-state index contributed by atoms with van der Waals surface area (Å²) in [6, 6.07) is 2.59. The van der Waals surface area contributed by atoms with Crippen LogP contribution in [0.25, 0.3) is 0 Å². The maximum atomic E-state index is 13.1. The number of halogens is 2. The molecule has 1 amide bonds. The Morgan fingerprint density at radius 1 is 1.42 bits per heavy atom. The van der Waals surface area contributed by atoms with Crippen LogP contribution in [0.5, 0.6) is 0 Å². The standard InChI is InChI=1S/C13H19ClFN3O/c1-3-18(4-2)13(19)5-6-17-12-7-9(14)10(15)8-11(12)16/h7-8,17H,3-6,16H2,1-2H3. The second-order valence-electron chi connectivity index (χ2n) is 4.10. The average molecular weight is 288 g/mol. The van der Waals surface area contributed by atoms with Gasteiger partial charge in [-0.2, -0.15) is 0 Å². The minimum Gasteiger partial charge on any atom is -0.397 e. The summed E-state index contributed by atoms with van der Waals surface area (Å²) in [6.07, 6.45) is 0.357. The van der Waals surface area contributed by atoms with Crippen LogP contribution in [0.3, 0.4) is 0 Å². The molecule has 1 aromatic carbocycles. The first-order valence-corrected chi connectivity index (χ1v) is 6.63. The minimum absolute atomic E-state index is 0.00627. The van der Waals surface area contributed by atoms with E-state index in [2.05, 4.69) is 5.32 Å². The number of hydrogen-bond donors (Lipinski definition) is 2. The van der Waals surface area contributed by atoms with Crippen LogP contribution in [-0.4, -0.2) is 30.4 Å². The molecule has 0 fully saturated rings. The summed E-state index contributed by atoms with van der Waals surface area (Å²) in [7, 11) is 0. The number of hydrogen-bond acceptors (Lipinski definition) is 3. The zero-order valence-electron chi connectivity index (χ0n) is 11.2. The third-order valence-corrected chi connectivity index (χ3v) is 3.15. The molecular weight excluding hydrogens is 269 g/mol. The van der Waals surface area contributed by atoms with Crippen LogP contribution in [0.2, 0.25) is 5.02 Å². The Bertz CT molecular complexity index is 450. The van der Waals surface area contributed by atoms with Gasteiger partial charge in [0.15, 0.2) is 0 Å². The van der Waals surface area contributed by atoms with Crippen molar-refractivity contribution in [3.8, 4) is 0 Å². The second-order valence-corrected chi connectivity index (χ2v) is 4.50. The number of carbonyl (C=O) groups excluding carboxylic acids is 1. The van der Waals surface area contributed by atoms with Gasteiger partial charge in [0.05, 0.1) is 16.4 Å². The number of nitrogens with two attached hydrogens (primary N) is 1. The summed E-state index contributed by atoms with van der Waals surface area (Å²) in [5.41, 5.74) is 6.48. The molecule has 19 heavy (non-hydrogen) atoms. The number of amides is 1. The van der Waals surface area contributed by atoms with Crippen LogP contribution < -0.4 is 11.1 Å². The highest BCUT2D eigenvalue weighted by molar-refractivity contribution is 6.31. The molecule has 0 spiro atoms. The predicted octanol–water partition coefficient (Wildman–Crippen LogP) is 2.73. The molecule has 0 aliphatic carbocycles. The highest BCUT2D eigenvalue weighted by Gasteiger charge is 2.10. The van der Waals surface area contributed by atoms with Crippen molar-refractivity contribution in [3.05, 3.63) is 23.0 Å². The van der Waals surface area contributed by atoms with E-state index in [4.69, 9.17) is 17.3 Å². The average Bonchev–Trinajstić information content (AvgIpc) is 2.37. The highest BCUT2D eigenvalue weighted by Crippen LogP contribution is 2.26. The van der Waals surface area contributed by atoms with E-state index in [0.29, 0.717) is 31.7 Å². The lowest BCUT2D eigenvalue weighted by molar-refractivity contribution is -0.130. The summed E-state index contributed by atoms with van der Waals surface area (Å²) in [6.45, 7) is 5.69. The predicted molar refractivity (Wildman–Crippen MR) is 76.9 cm³/mol. The number of benzene rings is 1. The van der Waals surface area contributed by atoms with E-state index < -0.39 is 5.82 Å². The summed E-state index contributed by atoms with van der Waals surface area (Å²) < 4.78 is 13.1. The van der Waals surface area contributed by atoms with Crippen LogP contribution in [0.1, 0.15) is 20.3 Å². The zero-order chi connectivity index (χ0) is 14.4. The van der Waals surface area contributed by atoms with E-state index in [1.54, 1.807) is 4.90 Å². The first-order chi connectivity index (χ1) is 8.99. The lowest BCUT2D eigenvalue weighted by Crippen LogP contribution is -2.31. The molecule has 0 atom stereocenters. The molecule has 0 radical (unpaired) electrons. The van der Waals surface area contributed by atoms with Gasteiger partial charge in [-0.15, -0.1) is 0 Å². The molecular formula is C13H19ClFN3O. The van der Waals surface area contributed by atoms with Crippen molar-refractivity contribution in [2.75, 3.05) is 30.7 Å². The molecule has 6 heteroatoms. The van der Waals surface area contributed by atoms with Crippen molar-refractivity contribution in [1.82, 2.24) is 4.90 Å². The topological polar surface area (TPSA) is 58.4 Å². The number of nitrogens with one attached hydrogen (secondary N) is 1. The molecule has 1 aromatic rings. The van der Waals surface area contributed by atoms with Crippen LogP contribution in [-0.2, 0) is 4.79 Å². The van der Waals surface area contributed by atoms with Crippen LogP contribution >= 0.6 is 11.6 Å². The quantitative estimate of drug-likeness (QED) is 0.791. The monoisotopic (exact) mass is 287 g/mol. The SMILES string of the molecule is CCN(CC)C(=O)CCNc1cc(Cl)c(F)cc1N. The van der Waals surface area contributed by atoms with Gasteiger partial charge in [0.2, 0.25) is 5.91 Å². The van der Waals surface area contributed by atoms with Crippen molar-refractivity contribution in [2.45, 2.75) is 20.3 Å². The Morgan fingerprint density at radius 2 is 2.05 bits per heavy atom. The Kier molecular flexibility index (Phi) is 5.89. The fraction of sp³-hybridized carbons (Fsp3) is 0.462. The number of nitrogens with zero attached hydrogens (tertiary/aromatic N) is 1. The van der Waals surface area contributed by atoms with Crippen LogP contribution in [0.15, 0.2) is 12.1 Å². The molecule has 3 N–H and O–H groups in total. The first kappa shape index (κ1) is 15.6. The van der Waals surface area contributed by atoms with E-state index in [1.807, 2.05) is 13.8 Å². The number of rotatable bonds is 6. The maximum Gasteiger partial charge on any atom is 0.224 e. The fourth-order valence-corrected chi connectivity index (χ4v) is 1.92. The van der Waals surface area contributed by atoms with Crippen molar-refractivity contribution in [2.24, 2.45) is 0 Å². The zero-order valence-corrected chi connectivity index (χ0v) is 11.9. The molecule has 0 aliphatic heterocycles. The van der Waals surface area contributed by atoms with Crippen molar-refractivity contribution >= 4 is 28.9 Å². The summed E-state index contributed by atoms with van der Waals surface area (Å²) in [5.74, 6) is -0.479. The lowest BCUT2D eigenvalue weighted by atomic mass is 10.2. The van der Waals surface area contributed by atoms with Crippen LogP contribution in [0, 0.1) is 5.82 Å². The Labute approximate surface area is 117 Å². The fourth-order valence-electron chi connectivity index (χ4n) is 1.75. The Hall–Kier alpha value is -1.49. The molecule has 0 saturated heterocycles. The van der Waals surface area contributed by atoms with Crippen molar-refractivity contribution in [1.29, 1.82) is 0 Å². The van der Waals surface area contributed by atoms with Gasteiger partial charge in [-0.3, -0.25) is 4.79 Å². The van der Waals surface area contributed by atoms with Gasteiger partial charge >= 0.3 is 0 Å². The molecule has 0 aliphatic rings. The van der Waals surface area contributed by atoms with E-state index in [1.165, 1.54) is 6.07 Å². The molecule has 0 aromatic heterocycles. The first-order valence-electron chi connectivity index (χ1n) is 6.25. The molecule has 106 valence electrons. The van der Waals surface area contributed by atoms with Gasteiger partial charge < -0.3 is 16.0 Å². The highest BCUT2D eigenvalue weighted by atomic mass is 35.5. The number of nitrogen functional groups attached to an aromatic ring is 1. The summed E-state index contributed by atoms with van der Waals surface area (Å²) in [5, 5.41) is 3.00.